The summed E-state index contributed by atoms with van der Waals surface area (Å²) in [5.74, 6) is 0.146. The van der Waals surface area contributed by atoms with Crippen LogP contribution >= 0.6 is 15.9 Å². The van der Waals surface area contributed by atoms with E-state index in [1.807, 2.05) is 24.3 Å². The van der Waals surface area contributed by atoms with Gasteiger partial charge < -0.3 is 9.57 Å². The molecule has 0 aromatic heterocycles. The molecule has 0 heterocycles. The van der Waals surface area contributed by atoms with Gasteiger partial charge in [0.05, 0.1) is 18.9 Å². The smallest absolute Gasteiger partial charge is 0.365 e. The number of nitrogens with zero attached hydrogens (tertiary/aromatic N) is 1. The van der Waals surface area contributed by atoms with E-state index in [9.17, 15) is 4.79 Å². The van der Waals surface area contributed by atoms with Crippen molar-refractivity contribution < 1.29 is 14.4 Å². The minimum Gasteiger partial charge on any atom is -0.496 e. The van der Waals surface area contributed by atoms with Crippen LogP contribution in [0.2, 0.25) is 0 Å². The van der Waals surface area contributed by atoms with Crippen molar-refractivity contribution in [2.24, 2.45) is 5.16 Å². The average molecular weight is 390 g/mol. The molecular formula is C19H20BrNO3. The molecule has 0 amide bonds. The number of methoxy groups -OCH3 is 1. The van der Waals surface area contributed by atoms with Gasteiger partial charge in [0.25, 0.3) is 0 Å². The summed E-state index contributed by atoms with van der Waals surface area (Å²) < 4.78 is 6.12. The zero-order valence-electron chi connectivity index (χ0n) is 14.2. The predicted molar refractivity (Wildman–Crippen MR) is 98.8 cm³/mol. The van der Waals surface area contributed by atoms with Gasteiger partial charge in [-0.05, 0) is 41.3 Å². The van der Waals surface area contributed by atoms with Gasteiger partial charge in [0.2, 0.25) is 0 Å². The quantitative estimate of drug-likeness (QED) is 0.422. The SMILES string of the molecule is COc1ccc(Br)cc1C=NOC(=O)c1ccc(C(C)(C)C)cc1. The number of benzene rings is 2. The van der Waals surface area contributed by atoms with Gasteiger partial charge in [-0.1, -0.05) is 54.0 Å². The van der Waals surface area contributed by atoms with Crippen LogP contribution in [0, 0.1) is 0 Å². The zero-order valence-corrected chi connectivity index (χ0v) is 15.8. The van der Waals surface area contributed by atoms with Crippen LogP contribution in [0.3, 0.4) is 0 Å². The fourth-order valence-corrected chi connectivity index (χ4v) is 2.47. The molecular weight excluding hydrogens is 370 g/mol. The number of hydrogen-bond donors (Lipinski definition) is 0. The van der Waals surface area contributed by atoms with E-state index in [0.717, 1.165) is 10.0 Å². The average Bonchev–Trinajstić information content (AvgIpc) is 2.54. The highest BCUT2D eigenvalue weighted by atomic mass is 79.9. The maximum atomic E-state index is 12.0. The molecule has 2 aromatic carbocycles. The molecule has 2 rings (SSSR count). The Morgan fingerprint density at radius 2 is 1.79 bits per heavy atom. The molecule has 0 bridgehead atoms. The first-order valence-corrected chi connectivity index (χ1v) is 8.29. The van der Waals surface area contributed by atoms with Gasteiger partial charge in [-0.3, -0.25) is 0 Å². The molecule has 0 radical (unpaired) electrons. The van der Waals surface area contributed by atoms with E-state index in [2.05, 4.69) is 41.9 Å². The second kappa shape index (κ2) is 7.62. The lowest BCUT2D eigenvalue weighted by Gasteiger charge is -2.18. The van der Waals surface area contributed by atoms with Crippen LogP contribution in [0.25, 0.3) is 0 Å². The van der Waals surface area contributed by atoms with E-state index in [0.29, 0.717) is 16.9 Å². The Morgan fingerprint density at radius 3 is 2.38 bits per heavy atom. The molecule has 0 saturated heterocycles. The summed E-state index contributed by atoms with van der Waals surface area (Å²) in [6.07, 6.45) is 1.45. The standard InChI is InChI=1S/C19H20BrNO3/c1-19(2,3)15-7-5-13(6-8-15)18(22)24-21-12-14-11-16(20)9-10-17(14)23-4/h5-12H,1-4H3. The molecule has 24 heavy (non-hydrogen) atoms. The molecule has 0 unspecified atom stereocenters. The van der Waals surface area contributed by atoms with Crippen LogP contribution in [0.15, 0.2) is 52.1 Å². The normalized spacial score (nSPS) is 11.5. The van der Waals surface area contributed by atoms with E-state index in [4.69, 9.17) is 9.57 Å². The van der Waals surface area contributed by atoms with Crippen molar-refractivity contribution in [1.82, 2.24) is 0 Å². The monoisotopic (exact) mass is 389 g/mol. The Kier molecular flexibility index (Phi) is 5.78. The third kappa shape index (κ3) is 4.68. The number of halogens is 1. The maximum Gasteiger partial charge on any atom is 0.365 e. The second-order valence-electron chi connectivity index (χ2n) is 6.33. The molecule has 0 N–H and O–H groups in total. The van der Waals surface area contributed by atoms with Gasteiger partial charge in [-0.25, -0.2) is 4.79 Å². The maximum absolute atomic E-state index is 12.0. The first-order chi connectivity index (χ1) is 11.3. The molecule has 0 atom stereocenters. The number of oxime groups is 1. The molecule has 0 spiro atoms. The van der Waals surface area contributed by atoms with Crippen molar-refractivity contribution >= 4 is 28.1 Å². The van der Waals surface area contributed by atoms with E-state index in [-0.39, 0.29) is 5.41 Å². The number of carbonyl (C=O) groups excluding carboxylic acids is 1. The van der Waals surface area contributed by atoms with Crippen LogP contribution in [0.5, 0.6) is 5.75 Å². The van der Waals surface area contributed by atoms with Gasteiger partial charge in [0.1, 0.15) is 5.75 Å². The van der Waals surface area contributed by atoms with Gasteiger partial charge in [0.15, 0.2) is 0 Å². The van der Waals surface area contributed by atoms with Crippen molar-refractivity contribution in [3.8, 4) is 5.75 Å². The third-order valence-corrected chi connectivity index (χ3v) is 4.00. The van der Waals surface area contributed by atoms with Crippen LogP contribution in [-0.2, 0) is 10.3 Å². The fourth-order valence-electron chi connectivity index (χ4n) is 2.10. The third-order valence-electron chi connectivity index (χ3n) is 3.51. The summed E-state index contributed by atoms with van der Waals surface area (Å²) in [6.45, 7) is 6.36. The van der Waals surface area contributed by atoms with Crippen LogP contribution in [-0.4, -0.2) is 19.3 Å². The van der Waals surface area contributed by atoms with E-state index in [1.54, 1.807) is 25.3 Å². The van der Waals surface area contributed by atoms with E-state index >= 15 is 0 Å². The molecule has 0 saturated carbocycles. The molecule has 2 aromatic rings. The minimum absolute atomic E-state index is 0.0395. The lowest BCUT2D eigenvalue weighted by molar-refractivity contribution is 0.0519. The summed E-state index contributed by atoms with van der Waals surface area (Å²) >= 11 is 3.38. The lowest BCUT2D eigenvalue weighted by atomic mass is 9.87. The van der Waals surface area contributed by atoms with Gasteiger partial charge in [0, 0.05) is 10.0 Å². The van der Waals surface area contributed by atoms with Gasteiger partial charge >= 0.3 is 5.97 Å². The zero-order chi connectivity index (χ0) is 17.7. The number of carbonyl (C=O) groups is 1. The molecule has 126 valence electrons. The Labute approximate surface area is 150 Å². The van der Waals surface area contributed by atoms with Crippen molar-refractivity contribution in [2.45, 2.75) is 26.2 Å². The fraction of sp³-hybridized carbons (Fsp3) is 0.263. The Bertz CT molecular complexity index is 746. The van der Waals surface area contributed by atoms with Gasteiger partial charge in [-0.2, -0.15) is 0 Å². The largest absolute Gasteiger partial charge is 0.496 e. The summed E-state index contributed by atoms with van der Waals surface area (Å²) in [6, 6.07) is 12.8. The summed E-state index contributed by atoms with van der Waals surface area (Å²) in [5, 5.41) is 3.76. The lowest BCUT2D eigenvalue weighted by Crippen LogP contribution is -2.11. The molecule has 5 heteroatoms. The highest BCUT2D eigenvalue weighted by Gasteiger charge is 2.14. The van der Waals surface area contributed by atoms with Crippen LogP contribution in [0.4, 0.5) is 0 Å². The van der Waals surface area contributed by atoms with Crippen molar-refractivity contribution in [3.05, 3.63) is 63.6 Å². The number of hydrogen-bond acceptors (Lipinski definition) is 4. The summed E-state index contributed by atoms with van der Waals surface area (Å²) in [5.41, 5.74) is 2.36. The predicted octanol–water partition coefficient (Wildman–Crippen LogP) is 4.95. The highest BCUT2D eigenvalue weighted by Crippen LogP contribution is 2.23. The molecule has 4 nitrogen and oxygen atoms in total. The Hall–Kier alpha value is -2.14. The molecule has 0 aliphatic carbocycles. The van der Waals surface area contributed by atoms with Crippen molar-refractivity contribution in [1.29, 1.82) is 0 Å². The Balaban J connectivity index is 2.07. The first-order valence-electron chi connectivity index (χ1n) is 7.50. The molecule has 0 aliphatic rings. The summed E-state index contributed by atoms with van der Waals surface area (Å²) in [4.78, 5) is 17.0. The topological polar surface area (TPSA) is 47.9 Å². The molecule has 0 aliphatic heterocycles. The van der Waals surface area contributed by atoms with Crippen LogP contribution < -0.4 is 4.74 Å². The summed E-state index contributed by atoms with van der Waals surface area (Å²) in [7, 11) is 1.57. The highest BCUT2D eigenvalue weighted by molar-refractivity contribution is 9.10. The first kappa shape index (κ1) is 18.2. The second-order valence-corrected chi connectivity index (χ2v) is 7.24. The van der Waals surface area contributed by atoms with Gasteiger partial charge in [-0.15, -0.1) is 0 Å². The van der Waals surface area contributed by atoms with Crippen molar-refractivity contribution in [2.75, 3.05) is 7.11 Å². The molecule has 0 fully saturated rings. The number of ether oxygens (including phenoxy) is 1. The van der Waals surface area contributed by atoms with E-state index in [1.165, 1.54) is 6.21 Å². The minimum atomic E-state index is -0.499. The Morgan fingerprint density at radius 1 is 1.12 bits per heavy atom. The number of rotatable bonds is 4. The van der Waals surface area contributed by atoms with Crippen LogP contribution in [0.1, 0.15) is 42.3 Å². The van der Waals surface area contributed by atoms with E-state index < -0.39 is 5.97 Å². The van der Waals surface area contributed by atoms with Crippen molar-refractivity contribution in [3.63, 3.8) is 0 Å².